The molecule has 1 heterocycles. The number of carbonyl (C=O) groups excluding carboxylic acids is 2. The lowest BCUT2D eigenvalue weighted by Crippen LogP contribution is -2.50. The van der Waals surface area contributed by atoms with Crippen LogP contribution >= 0.6 is 0 Å². The number of hydrogen-bond acceptors (Lipinski definition) is 4. The molecule has 0 aromatic heterocycles. The second-order valence-corrected chi connectivity index (χ2v) is 8.07. The minimum atomic E-state index is -4.53. The maximum atomic E-state index is 13.1. The van der Waals surface area contributed by atoms with E-state index < -0.39 is 17.6 Å². The van der Waals surface area contributed by atoms with Crippen LogP contribution in [0.2, 0.25) is 0 Å². The van der Waals surface area contributed by atoms with Gasteiger partial charge < -0.3 is 10.6 Å². The van der Waals surface area contributed by atoms with Gasteiger partial charge in [-0.25, -0.2) is 0 Å². The molecule has 1 aliphatic rings. The molecule has 2 aromatic carbocycles. The highest BCUT2D eigenvalue weighted by Crippen LogP contribution is 2.34. The number of carbonyl (C=O) groups is 2. The van der Waals surface area contributed by atoms with Gasteiger partial charge in [0.05, 0.1) is 24.3 Å². The van der Waals surface area contributed by atoms with Crippen molar-refractivity contribution >= 4 is 23.2 Å². The van der Waals surface area contributed by atoms with Gasteiger partial charge in [0, 0.05) is 31.9 Å². The molecule has 9 heteroatoms. The SMILES string of the molecule is Cc1cc(C)cc(NC(=O)CN2CCN(CC(=O)Nc3ccccc3C(F)(F)F)CC2)c1. The Bertz CT molecular complexity index is 950. The Balaban J connectivity index is 1.45. The van der Waals surface area contributed by atoms with Gasteiger partial charge >= 0.3 is 6.18 Å². The van der Waals surface area contributed by atoms with Crippen LogP contribution in [-0.4, -0.2) is 60.9 Å². The molecule has 3 rings (SSSR count). The molecule has 0 atom stereocenters. The molecular weight excluding hydrogens is 421 g/mol. The Morgan fingerprint density at radius 2 is 1.34 bits per heavy atom. The number of hydrogen-bond donors (Lipinski definition) is 2. The van der Waals surface area contributed by atoms with Gasteiger partial charge in [-0.2, -0.15) is 13.2 Å². The highest BCUT2D eigenvalue weighted by molar-refractivity contribution is 5.93. The van der Waals surface area contributed by atoms with Gasteiger partial charge in [-0.05, 0) is 49.2 Å². The quantitative estimate of drug-likeness (QED) is 0.710. The normalized spacial score (nSPS) is 15.4. The molecule has 172 valence electrons. The van der Waals surface area contributed by atoms with Gasteiger partial charge in [0.15, 0.2) is 0 Å². The number of nitrogens with zero attached hydrogens (tertiary/aromatic N) is 2. The van der Waals surface area contributed by atoms with Crippen LogP contribution in [0.15, 0.2) is 42.5 Å². The van der Waals surface area contributed by atoms with E-state index in [0.29, 0.717) is 26.2 Å². The fourth-order valence-corrected chi connectivity index (χ4v) is 3.79. The highest BCUT2D eigenvalue weighted by Gasteiger charge is 2.33. The summed E-state index contributed by atoms with van der Waals surface area (Å²) in [5.41, 5.74) is 1.80. The number of para-hydroxylation sites is 1. The van der Waals surface area contributed by atoms with Crippen LogP contribution in [-0.2, 0) is 15.8 Å². The first-order valence-corrected chi connectivity index (χ1v) is 10.4. The smallest absolute Gasteiger partial charge is 0.325 e. The van der Waals surface area contributed by atoms with Crippen molar-refractivity contribution in [2.45, 2.75) is 20.0 Å². The minimum absolute atomic E-state index is 0.00516. The van der Waals surface area contributed by atoms with Crippen molar-refractivity contribution in [3.8, 4) is 0 Å². The Kier molecular flexibility index (Phi) is 7.52. The molecule has 0 bridgehead atoms. The van der Waals surface area contributed by atoms with Crippen LogP contribution in [0.5, 0.6) is 0 Å². The molecule has 1 aliphatic heterocycles. The molecule has 2 amide bonds. The number of nitrogens with one attached hydrogen (secondary N) is 2. The van der Waals surface area contributed by atoms with E-state index in [1.807, 2.05) is 41.8 Å². The molecular formula is C23H27F3N4O2. The van der Waals surface area contributed by atoms with E-state index in [9.17, 15) is 22.8 Å². The summed E-state index contributed by atoms with van der Waals surface area (Å²) in [4.78, 5) is 28.5. The summed E-state index contributed by atoms with van der Waals surface area (Å²) >= 11 is 0. The summed E-state index contributed by atoms with van der Waals surface area (Å²) in [5.74, 6) is -0.604. The van der Waals surface area contributed by atoms with Crippen LogP contribution in [0, 0.1) is 13.8 Å². The van der Waals surface area contributed by atoms with E-state index in [0.717, 1.165) is 22.9 Å². The van der Waals surface area contributed by atoms with Crippen molar-refractivity contribution in [2.24, 2.45) is 0 Å². The average Bonchev–Trinajstić information content (AvgIpc) is 2.68. The van der Waals surface area contributed by atoms with Crippen LogP contribution in [0.1, 0.15) is 16.7 Å². The summed E-state index contributed by atoms with van der Waals surface area (Å²) in [6.45, 7) is 6.45. The number of aryl methyl sites for hydroxylation is 2. The van der Waals surface area contributed by atoms with Crippen molar-refractivity contribution in [3.05, 3.63) is 59.2 Å². The van der Waals surface area contributed by atoms with Crippen LogP contribution in [0.3, 0.4) is 0 Å². The number of anilines is 2. The van der Waals surface area contributed by atoms with E-state index >= 15 is 0 Å². The summed E-state index contributed by atoms with van der Waals surface area (Å²) in [7, 11) is 0. The van der Waals surface area contributed by atoms with Gasteiger partial charge in [-0.3, -0.25) is 19.4 Å². The molecule has 2 N–H and O–H groups in total. The van der Waals surface area contributed by atoms with Crippen molar-refractivity contribution < 1.29 is 22.8 Å². The van der Waals surface area contributed by atoms with E-state index in [4.69, 9.17) is 0 Å². The monoisotopic (exact) mass is 448 g/mol. The molecule has 1 saturated heterocycles. The third-order valence-corrected chi connectivity index (χ3v) is 5.21. The number of piperazine rings is 1. The fourth-order valence-electron chi connectivity index (χ4n) is 3.79. The molecule has 0 spiro atoms. The molecule has 0 radical (unpaired) electrons. The van der Waals surface area contributed by atoms with Crippen molar-refractivity contribution in [3.63, 3.8) is 0 Å². The van der Waals surface area contributed by atoms with E-state index in [1.165, 1.54) is 18.2 Å². The lowest BCUT2D eigenvalue weighted by atomic mass is 10.1. The van der Waals surface area contributed by atoms with Gasteiger partial charge in [0.1, 0.15) is 0 Å². The summed E-state index contributed by atoms with van der Waals surface area (Å²) in [6.07, 6.45) is -4.53. The zero-order chi connectivity index (χ0) is 23.3. The maximum absolute atomic E-state index is 13.1. The van der Waals surface area contributed by atoms with Crippen LogP contribution in [0.25, 0.3) is 0 Å². The fraction of sp³-hybridized carbons (Fsp3) is 0.391. The number of amides is 2. The largest absolute Gasteiger partial charge is 0.418 e. The zero-order valence-electron chi connectivity index (χ0n) is 18.1. The Morgan fingerprint density at radius 1 is 0.844 bits per heavy atom. The Hall–Kier alpha value is -2.91. The first-order valence-electron chi connectivity index (χ1n) is 10.4. The zero-order valence-corrected chi connectivity index (χ0v) is 18.1. The number of alkyl halides is 3. The van der Waals surface area contributed by atoms with Crippen molar-refractivity contribution in [2.75, 3.05) is 49.9 Å². The Labute approximate surface area is 185 Å². The predicted octanol–water partition coefficient (Wildman–Crippen LogP) is 3.52. The van der Waals surface area contributed by atoms with Crippen LogP contribution < -0.4 is 10.6 Å². The maximum Gasteiger partial charge on any atom is 0.418 e. The second-order valence-electron chi connectivity index (χ2n) is 8.07. The molecule has 32 heavy (non-hydrogen) atoms. The summed E-state index contributed by atoms with van der Waals surface area (Å²) < 4.78 is 39.2. The first kappa shape index (κ1) is 23.7. The average molecular weight is 448 g/mol. The molecule has 0 aliphatic carbocycles. The van der Waals surface area contributed by atoms with Gasteiger partial charge in [-0.1, -0.05) is 18.2 Å². The van der Waals surface area contributed by atoms with E-state index in [2.05, 4.69) is 10.6 Å². The molecule has 0 unspecified atom stereocenters. The standard InChI is InChI=1S/C23H27F3N4O2/c1-16-11-17(2)13-18(12-16)27-21(31)14-29-7-9-30(10-8-29)15-22(32)28-20-6-4-3-5-19(20)23(24,25)26/h3-6,11-13H,7-10,14-15H2,1-2H3,(H,27,31)(H,28,32). The van der Waals surface area contributed by atoms with Crippen molar-refractivity contribution in [1.29, 1.82) is 0 Å². The molecule has 0 saturated carbocycles. The number of benzene rings is 2. The second kappa shape index (κ2) is 10.1. The number of halogens is 3. The third kappa shape index (κ3) is 6.80. The van der Waals surface area contributed by atoms with Gasteiger partial charge in [0.25, 0.3) is 0 Å². The van der Waals surface area contributed by atoms with E-state index in [-0.39, 0.29) is 24.7 Å². The topological polar surface area (TPSA) is 64.7 Å². The highest BCUT2D eigenvalue weighted by atomic mass is 19.4. The Morgan fingerprint density at radius 3 is 1.88 bits per heavy atom. The van der Waals surface area contributed by atoms with Gasteiger partial charge in [-0.15, -0.1) is 0 Å². The molecule has 6 nitrogen and oxygen atoms in total. The summed E-state index contributed by atoms with van der Waals surface area (Å²) in [6, 6.07) is 10.8. The third-order valence-electron chi connectivity index (χ3n) is 5.21. The minimum Gasteiger partial charge on any atom is -0.325 e. The predicted molar refractivity (Wildman–Crippen MR) is 117 cm³/mol. The first-order chi connectivity index (χ1) is 15.1. The van der Waals surface area contributed by atoms with Crippen molar-refractivity contribution in [1.82, 2.24) is 9.80 Å². The lowest BCUT2D eigenvalue weighted by molar-refractivity contribution is -0.137. The number of rotatable bonds is 6. The van der Waals surface area contributed by atoms with Crippen LogP contribution in [0.4, 0.5) is 24.5 Å². The molecule has 2 aromatic rings. The molecule has 1 fully saturated rings. The summed E-state index contributed by atoms with van der Waals surface area (Å²) in [5, 5.41) is 5.27. The van der Waals surface area contributed by atoms with Gasteiger partial charge in [0.2, 0.25) is 11.8 Å². The van der Waals surface area contributed by atoms with E-state index in [1.54, 1.807) is 0 Å². The lowest BCUT2D eigenvalue weighted by Gasteiger charge is -2.33.